The molecule has 2 N–H and O–H groups in total. The summed E-state index contributed by atoms with van der Waals surface area (Å²) in [6.07, 6.45) is 8.80. The van der Waals surface area contributed by atoms with Crippen molar-refractivity contribution in [2.75, 3.05) is 41.3 Å². The minimum Gasteiger partial charge on any atom is -0.360 e. The summed E-state index contributed by atoms with van der Waals surface area (Å²) in [5, 5.41) is 7.23. The number of piperidine rings is 1. The van der Waals surface area contributed by atoms with Crippen molar-refractivity contribution in [1.29, 1.82) is 0 Å². The number of aromatic nitrogens is 2. The average Bonchev–Trinajstić information content (AvgIpc) is 3.47. The van der Waals surface area contributed by atoms with Crippen LogP contribution in [-0.2, 0) is 0 Å². The van der Waals surface area contributed by atoms with E-state index in [9.17, 15) is 0 Å². The molecule has 0 aromatic carbocycles. The van der Waals surface area contributed by atoms with E-state index in [2.05, 4.69) is 40.3 Å². The Hall–Kier alpha value is -1.63. The van der Waals surface area contributed by atoms with Crippen molar-refractivity contribution in [2.45, 2.75) is 64.8 Å². The van der Waals surface area contributed by atoms with E-state index in [1.807, 2.05) is 0 Å². The average molecular weight is 403 g/mol. The first-order valence-corrected chi connectivity index (χ1v) is 11.4. The number of hydrogen-bond donors (Lipinski definition) is 2. The molecule has 0 unspecified atom stereocenters. The van der Waals surface area contributed by atoms with Gasteiger partial charge in [0.15, 0.2) is 5.11 Å². The lowest BCUT2D eigenvalue weighted by Gasteiger charge is -2.36. The van der Waals surface area contributed by atoms with Gasteiger partial charge in [-0.1, -0.05) is 26.7 Å². The van der Waals surface area contributed by atoms with Gasteiger partial charge in [-0.05, 0) is 56.2 Å². The highest BCUT2D eigenvalue weighted by atomic mass is 32.1. The number of hydrogen-bond acceptors (Lipinski definition) is 5. The van der Waals surface area contributed by atoms with Crippen LogP contribution < -0.4 is 20.4 Å². The first-order chi connectivity index (χ1) is 13.6. The Kier molecular flexibility index (Phi) is 6.19. The van der Waals surface area contributed by atoms with Crippen molar-refractivity contribution < 1.29 is 0 Å². The fourth-order valence-corrected chi connectivity index (χ4v) is 4.76. The van der Waals surface area contributed by atoms with Crippen LogP contribution in [0.15, 0.2) is 6.07 Å². The molecule has 6 nitrogen and oxygen atoms in total. The van der Waals surface area contributed by atoms with Crippen LogP contribution in [0.4, 0.5) is 17.6 Å². The molecule has 2 saturated heterocycles. The van der Waals surface area contributed by atoms with Crippen LogP contribution in [0.25, 0.3) is 0 Å². The Balaban J connectivity index is 1.58. The van der Waals surface area contributed by atoms with Crippen LogP contribution in [0, 0.1) is 11.8 Å². The molecular weight excluding hydrogens is 368 g/mol. The SMILES string of the molecule is C[C@H]1C[C@H](C)CN(c2cc(N3CCCCCC3)nc(NC(=S)NC3CC3)n2)C1. The molecule has 1 saturated carbocycles. The van der Waals surface area contributed by atoms with Crippen LogP contribution >= 0.6 is 12.2 Å². The Bertz CT molecular complexity index is 673. The second-order valence-corrected chi connectivity index (χ2v) is 9.44. The van der Waals surface area contributed by atoms with Gasteiger partial charge in [-0.2, -0.15) is 9.97 Å². The van der Waals surface area contributed by atoms with E-state index in [0.717, 1.165) is 37.8 Å². The molecule has 4 rings (SSSR count). The third-order valence-electron chi connectivity index (χ3n) is 5.96. The van der Waals surface area contributed by atoms with Crippen molar-refractivity contribution in [2.24, 2.45) is 11.8 Å². The minimum atomic E-state index is 0.525. The highest BCUT2D eigenvalue weighted by Crippen LogP contribution is 2.29. The Morgan fingerprint density at radius 1 is 0.964 bits per heavy atom. The van der Waals surface area contributed by atoms with Crippen LogP contribution in [0.2, 0.25) is 0 Å². The number of nitrogens with one attached hydrogen (secondary N) is 2. The van der Waals surface area contributed by atoms with Crippen molar-refractivity contribution in [1.82, 2.24) is 15.3 Å². The van der Waals surface area contributed by atoms with Gasteiger partial charge >= 0.3 is 0 Å². The van der Waals surface area contributed by atoms with E-state index in [1.165, 1.54) is 44.9 Å². The van der Waals surface area contributed by atoms with E-state index in [4.69, 9.17) is 22.2 Å². The topological polar surface area (TPSA) is 56.3 Å². The van der Waals surface area contributed by atoms with Crippen LogP contribution in [0.1, 0.15) is 58.8 Å². The quantitative estimate of drug-likeness (QED) is 0.743. The summed E-state index contributed by atoms with van der Waals surface area (Å²) in [6.45, 7) is 8.96. The number of rotatable bonds is 4. The lowest BCUT2D eigenvalue weighted by Crippen LogP contribution is -2.39. The van der Waals surface area contributed by atoms with Gasteiger partial charge in [-0.3, -0.25) is 0 Å². The molecule has 3 heterocycles. The zero-order chi connectivity index (χ0) is 19.5. The van der Waals surface area contributed by atoms with E-state index < -0.39 is 0 Å². The lowest BCUT2D eigenvalue weighted by atomic mass is 9.92. The largest absolute Gasteiger partial charge is 0.360 e. The fourth-order valence-electron chi connectivity index (χ4n) is 4.50. The molecule has 0 bridgehead atoms. The number of thiocarbonyl (C=S) groups is 1. The highest BCUT2D eigenvalue weighted by molar-refractivity contribution is 7.80. The molecule has 154 valence electrons. The molecule has 0 amide bonds. The van der Waals surface area contributed by atoms with Crippen molar-refractivity contribution in [3.63, 3.8) is 0 Å². The maximum absolute atomic E-state index is 5.48. The maximum atomic E-state index is 5.48. The van der Waals surface area contributed by atoms with E-state index in [1.54, 1.807) is 0 Å². The molecule has 2 aliphatic heterocycles. The zero-order valence-electron chi connectivity index (χ0n) is 17.3. The zero-order valence-corrected chi connectivity index (χ0v) is 18.1. The summed E-state index contributed by atoms with van der Waals surface area (Å²) in [4.78, 5) is 14.6. The van der Waals surface area contributed by atoms with Crippen molar-refractivity contribution in [3.8, 4) is 0 Å². The van der Waals surface area contributed by atoms with Gasteiger partial charge in [-0.25, -0.2) is 0 Å². The van der Waals surface area contributed by atoms with Crippen molar-refractivity contribution >= 4 is 34.9 Å². The highest BCUT2D eigenvalue weighted by Gasteiger charge is 2.25. The first kappa shape index (κ1) is 19.7. The third kappa shape index (κ3) is 5.25. The normalized spacial score (nSPS) is 25.9. The molecule has 2 atom stereocenters. The predicted molar refractivity (Wildman–Crippen MR) is 120 cm³/mol. The molecule has 0 radical (unpaired) electrons. The molecule has 3 aliphatic rings. The fraction of sp³-hybridized carbons (Fsp3) is 0.762. The summed E-state index contributed by atoms with van der Waals surface area (Å²) in [5.74, 6) is 4.07. The Morgan fingerprint density at radius 2 is 1.57 bits per heavy atom. The van der Waals surface area contributed by atoms with E-state index in [-0.39, 0.29) is 0 Å². The van der Waals surface area contributed by atoms with Crippen LogP contribution in [0.5, 0.6) is 0 Å². The Morgan fingerprint density at radius 3 is 2.18 bits per heavy atom. The summed E-state index contributed by atoms with van der Waals surface area (Å²) in [6, 6.07) is 2.72. The van der Waals surface area contributed by atoms with Crippen LogP contribution in [0.3, 0.4) is 0 Å². The summed E-state index contributed by atoms with van der Waals surface area (Å²) < 4.78 is 0. The predicted octanol–water partition coefficient (Wildman–Crippen LogP) is 3.79. The van der Waals surface area contributed by atoms with Gasteiger partial charge in [-0.15, -0.1) is 0 Å². The molecule has 1 aromatic heterocycles. The minimum absolute atomic E-state index is 0.525. The first-order valence-electron chi connectivity index (χ1n) is 11.0. The third-order valence-corrected chi connectivity index (χ3v) is 6.18. The second kappa shape index (κ2) is 8.80. The molecular formula is C21H34N6S. The maximum Gasteiger partial charge on any atom is 0.232 e. The molecule has 0 spiro atoms. The van der Waals surface area contributed by atoms with E-state index >= 15 is 0 Å². The molecule has 1 aromatic rings. The van der Waals surface area contributed by atoms with Gasteiger partial charge in [0.2, 0.25) is 5.95 Å². The number of anilines is 3. The van der Waals surface area contributed by atoms with Gasteiger partial charge in [0.25, 0.3) is 0 Å². The van der Waals surface area contributed by atoms with E-state index in [0.29, 0.717) is 28.9 Å². The molecule has 28 heavy (non-hydrogen) atoms. The van der Waals surface area contributed by atoms with Gasteiger partial charge < -0.3 is 20.4 Å². The van der Waals surface area contributed by atoms with Gasteiger partial charge in [0.1, 0.15) is 11.6 Å². The molecule has 7 heteroatoms. The second-order valence-electron chi connectivity index (χ2n) is 9.03. The Labute approximate surface area is 174 Å². The summed E-state index contributed by atoms with van der Waals surface area (Å²) in [7, 11) is 0. The van der Waals surface area contributed by atoms with Gasteiger partial charge in [0.05, 0.1) is 0 Å². The number of nitrogens with zero attached hydrogens (tertiary/aromatic N) is 4. The lowest BCUT2D eigenvalue weighted by molar-refractivity contribution is 0.355. The molecule has 1 aliphatic carbocycles. The molecule has 3 fully saturated rings. The van der Waals surface area contributed by atoms with Crippen molar-refractivity contribution in [3.05, 3.63) is 6.07 Å². The summed E-state index contributed by atoms with van der Waals surface area (Å²) >= 11 is 5.48. The monoisotopic (exact) mass is 402 g/mol. The standard InChI is InChI=1S/C21H34N6S/c1-15-11-16(2)14-27(13-15)19-12-18(26-9-5-3-4-6-10-26)23-20(24-19)25-21(28)22-17-7-8-17/h12,15-17H,3-11,13-14H2,1-2H3,(H2,22,23,24,25,28)/t15-,16-/m0/s1. The van der Waals surface area contributed by atoms with Gasteiger partial charge in [0, 0.05) is 38.3 Å². The smallest absolute Gasteiger partial charge is 0.232 e. The van der Waals surface area contributed by atoms with Crippen LogP contribution in [-0.4, -0.2) is 47.3 Å². The summed E-state index contributed by atoms with van der Waals surface area (Å²) in [5.41, 5.74) is 0.